The quantitative estimate of drug-likeness (QED) is 0.359. The van der Waals surface area contributed by atoms with Crippen molar-refractivity contribution in [3.05, 3.63) is 47.0 Å². The van der Waals surface area contributed by atoms with Crippen LogP contribution < -0.4 is 9.47 Å². The molecule has 0 bridgehead atoms. The fraction of sp³-hybridized carbons (Fsp3) is 0.273. The third-order valence-corrected chi connectivity index (χ3v) is 6.79. The topological polar surface area (TPSA) is 115 Å². The molecular formula is C22H20ClN7O4S. The van der Waals surface area contributed by atoms with E-state index in [4.69, 9.17) is 21.1 Å². The number of hydrogen-bond acceptors (Lipinski definition) is 9. The van der Waals surface area contributed by atoms with E-state index in [2.05, 4.69) is 20.4 Å². The van der Waals surface area contributed by atoms with Crippen molar-refractivity contribution in [1.29, 1.82) is 0 Å². The molecule has 5 rings (SSSR count). The van der Waals surface area contributed by atoms with Gasteiger partial charge in [0.15, 0.2) is 10.9 Å². The average Bonchev–Trinajstić information content (AvgIpc) is 3.54. The molecule has 180 valence electrons. The van der Waals surface area contributed by atoms with Crippen LogP contribution in [-0.2, 0) is 4.79 Å². The fourth-order valence-corrected chi connectivity index (χ4v) is 5.04. The summed E-state index contributed by atoms with van der Waals surface area (Å²) in [5, 5.41) is 20.1. The summed E-state index contributed by atoms with van der Waals surface area (Å²) in [5.74, 6) is 0.234. The van der Waals surface area contributed by atoms with Crippen molar-refractivity contribution >= 4 is 52.0 Å². The van der Waals surface area contributed by atoms with Crippen LogP contribution in [0.1, 0.15) is 16.8 Å². The minimum absolute atomic E-state index is 0.0467. The van der Waals surface area contributed by atoms with E-state index in [0.717, 1.165) is 5.52 Å². The lowest BCUT2D eigenvalue weighted by molar-refractivity contribution is -0.137. The first-order chi connectivity index (χ1) is 17.0. The Labute approximate surface area is 208 Å². The molecule has 0 radical (unpaired) electrons. The molecule has 2 aromatic heterocycles. The van der Waals surface area contributed by atoms with Crippen LogP contribution in [-0.4, -0.2) is 79.7 Å². The van der Waals surface area contributed by atoms with E-state index in [1.54, 1.807) is 16.5 Å². The third-order valence-electron chi connectivity index (χ3n) is 5.57. The lowest BCUT2D eigenvalue weighted by Gasteiger charge is -2.29. The number of aromatic nitrogens is 5. The Hall–Kier alpha value is -3.64. The van der Waals surface area contributed by atoms with E-state index >= 15 is 0 Å². The van der Waals surface area contributed by atoms with Crippen molar-refractivity contribution in [2.75, 3.05) is 33.1 Å². The van der Waals surface area contributed by atoms with Gasteiger partial charge in [-0.15, -0.1) is 20.4 Å². The zero-order valence-corrected chi connectivity index (χ0v) is 20.4. The highest BCUT2D eigenvalue weighted by molar-refractivity contribution is 7.99. The molecule has 0 N–H and O–H groups in total. The average molecular weight is 514 g/mol. The molecule has 2 amide bonds. The highest BCUT2D eigenvalue weighted by atomic mass is 35.5. The van der Waals surface area contributed by atoms with Crippen molar-refractivity contribution in [3.8, 4) is 11.5 Å². The van der Waals surface area contributed by atoms with Crippen molar-refractivity contribution in [3.63, 3.8) is 0 Å². The fourth-order valence-electron chi connectivity index (χ4n) is 3.99. The first kappa shape index (κ1) is 23.1. The molecular weight excluding hydrogens is 494 g/mol. The predicted octanol–water partition coefficient (Wildman–Crippen LogP) is 2.72. The number of carbonyl (C=O) groups excluding carboxylic acids is 2. The molecule has 35 heavy (non-hydrogen) atoms. The van der Waals surface area contributed by atoms with Gasteiger partial charge in [-0.25, -0.2) is 5.01 Å². The molecule has 3 heterocycles. The van der Waals surface area contributed by atoms with E-state index in [9.17, 15) is 9.59 Å². The number of nitrogens with zero attached hydrogens (tertiary/aromatic N) is 7. The number of methoxy groups -OCH3 is 2. The highest BCUT2D eigenvalue weighted by Crippen LogP contribution is 2.37. The summed E-state index contributed by atoms with van der Waals surface area (Å²) in [6.07, 6.45) is 0.640. The summed E-state index contributed by atoms with van der Waals surface area (Å²) in [7, 11) is 2.89. The molecule has 4 aromatic rings. The molecule has 0 unspecified atom stereocenters. The van der Waals surface area contributed by atoms with E-state index < -0.39 is 5.91 Å². The van der Waals surface area contributed by atoms with Crippen molar-refractivity contribution < 1.29 is 19.1 Å². The van der Waals surface area contributed by atoms with Gasteiger partial charge in [-0.3, -0.25) is 19.0 Å². The minimum atomic E-state index is -0.425. The molecule has 2 aromatic carbocycles. The van der Waals surface area contributed by atoms with Gasteiger partial charge >= 0.3 is 0 Å². The zero-order valence-electron chi connectivity index (χ0n) is 18.8. The number of para-hydroxylation sites is 1. The second kappa shape index (κ2) is 9.55. The molecule has 1 aliphatic rings. The summed E-state index contributed by atoms with van der Waals surface area (Å²) in [5.41, 5.74) is 1.65. The third kappa shape index (κ3) is 4.08. The van der Waals surface area contributed by atoms with Gasteiger partial charge in [0, 0.05) is 13.1 Å². The monoisotopic (exact) mass is 513 g/mol. The minimum Gasteiger partial charge on any atom is -0.496 e. The lowest BCUT2D eigenvalue weighted by Crippen LogP contribution is -2.45. The number of hydrazine groups is 1. The number of ether oxygens (including phenoxy) is 2. The highest BCUT2D eigenvalue weighted by Gasteiger charge is 2.35. The van der Waals surface area contributed by atoms with Crippen LogP contribution in [0.2, 0.25) is 5.02 Å². The molecule has 11 nitrogen and oxygen atoms in total. The molecule has 0 atom stereocenters. The Morgan fingerprint density at radius 2 is 1.77 bits per heavy atom. The normalized spacial score (nSPS) is 13.6. The van der Waals surface area contributed by atoms with Crippen LogP contribution in [0, 0.1) is 0 Å². The molecule has 1 aliphatic heterocycles. The van der Waals surface area contributed by atoms with Gasteiger partial charge in [0.2, 0.25) is 0 Å². The summed E-state index contributed by atoms with van der Waals surface area (Å²) < 4.78 is 12.5. The van der Waals surface area contributed by atoms with E-state index in [1.165, 1.54) is 36.0 Å². The van der Waals surface area contributed by atoms with E-state index in [0.29, 0.717) is 41.7 Å². The van der Waals surface area contributed by atoms with E-state index in [-0.39, 0.29) is 28.0 Å². The van der Waals surface area contributed by atoms with Crippen molar-refractivity contribution in [2.24, 2.45) is 0 Å². The number of carbonyl (C=O) groups is 2. The number of thioether (sulfide) groups is 1. The lowest BCUT2D eigenvalue weighted by atomic mass is 10.1. The van der Waals surface area contributed by atoms with E-state index in [1.807, 2.05) is 24.3 Å². The maximum atomic E-state index is 13.5. The number of benzene rings is 2. The number of halogens is 1. The zero-order chi connectivity index (χ0) is 24.5. The van der Waals surface area contributed by atoms with Gasteiger partial charge in [-0.05, 0) is 30.7 Å². The Morgan fingerprint density at radius 3 is 2.57 bits per heavy atom. The molecule has 1 fully saturated rings. The Morgan fingerprint density at radius 1 is 1.00 bits per heavy atom. The first-order valence-electron chi connectivity index (χ1n) is 10.7. The summed E-state index contributed by atoms with van der Waals surface area (Å²) in [4.78, 5) is 26.7. The summed E-state index contributed by atoms with van der Waals surface area (Å²) >= 11 is 7.46. The van der Waals surface area contributed by atoms with Gasteiger partial charge in [0.05, 0.1) is 30.5 Å². The standard InChI is InChI=1S/C22H20ClN7O4S/c1-33-16-9-8-13(23)19(34-2)18(16)20(32)29-11-5-10-28(29)17(31)12-35-22-27-26-21-25-24-14-6-3-4-7-15(14)30(21)22/h3-4,6-9H,5,10-12H2,1-2H3. The van der Waals surface area contributed by atoms with Crippen molar-refractivity contribution in [1.82, 2.24) is 34.8 Å². The number of rotatable bonds is 6. The van der Waals surface area contributed by atoms with Gasteiger partial charge in [0.1, 0.15) is 16.8 Å². The largest absolute Gasteiger partial charge is 0.496 e. The Kier molecular flexibility index (Phi) is 6.31. The maximum Gasteiger partial charge on any atom is 0.280 e. The second-order valence-corrected chi connectivity index (χ2v) is 8.90. The van der Waals surface area contributed by atoms with Crippen molar-refractivity contribution in [2.45, 2.75) is 11.6 Å². The van der Waals surface area contributed by atoms with Crippen LogP contribution in [0.15, 0.2) is 41.6 Å². The molecule has 0 aliphatic carbocycles. The summed E-state index contributed by atoms with van der Waals surface area (Å²) in [6.45, 7) is 0.785. The van der Waals surface area contributed by atoms with Gasteiger partial charge in [0.25, 0.3) is 17.6 Å². The SMILES string of the molecule is COc1ccc(Cl)c(OC)c1C(=O)N1CCCN1C(=O)CSc1nnc2nnc3ccccc3n12. The molecule has 13 heteroatoms. The van der Waals surface area contributed by atoms with Crippen LogP contribution in [0.4, 0.5) is 0 Å². The number of amides is 2. The predicted molar refractivity (Wildman–Crippen MR) is 129 cm³/mol. The Balaban J connectivity index is 1.38. The summed E-state index contributed by atoms with van der Waals surface area (Å²) in [6, 6.07) is 10.7. The van der Waals surface area contributed by atoms with Gasteiger partial charge in [-0.1, -0.05) is 35.5 Å². The second-order valence-electron chi connectivity index (χ2n) is 7.55. The van der Waals surface area contributed by atoms with Gasteiger partial charge < -0.3 is 9.47 Å². The van der Waals surface area contributed by atoms with Crippen LogP contribution in [0.25, 0.3) is 16.8 Å². The number of fused-ring (bicyclic) bond motifs is 3. The van der Waals surface area contributed by atoms with Crippen LogP contribution in [0.5, 0.6) is 11.5 Å². The Bertz CT molecular complexity index is 1450. The van der Waals surface area contributed by atoms with Crippen LogP contribution >= 0.6 is 23.4 Å². The molecule has 0 spiro atoms. The van der Waals surface area contributed by atoms with Crippen LogP contribution in [0.3, 0.4) is 0 Å². The maximum absolute atomic E-state index is 13.5. The first-order valence-corrected chi connectivity index (χ1v) is 12.0. The molecule has 1 saturated heterocycles. The molecule has 0 saturated carbocycles. The number of hydrogen-bond donors (Lipinski definition) is 0. The van der Waals surface area contributed by atoms with Gasteiger partial charge in [-0.2, -0.15) is 0 Å². The smallest absolute Gasteiger partial charge is 0.280 e.